The van der Waals surface area contributed by atoms with Crippen LogP contribution in [0.5, 0.6) is 5.75 Å². The number of rotatable bonds is 3. The third-order valence-electron chi connectivity index (χ3n) is 5.91. The SMILES string of the molecule is C[C@H]1C=C[C@H](C)N2C[C@H]1n1cc(C(=O)NCc3ccc(F)cc3F)c(=O)c(O)c1C2=O. The maximum absolute atomic E-state index is 13.8. The van der Waals surface area contributed by atoms with Crippen molar-refractivity contribution in [3.8, 4) is 5.75 Å². The molecule has 2 N–H and O–H groups in total. The van der Waals surface area contributed by atoms with Gasteiger partial charge in [-0.25, -0.2) is 8.78 Å². The Morgan fingerprint density at radius 1 is 1.23 bits per heavy atom. The van der Waals surface area contributed by atoms with Gasteiger partial charge in [0.05, 0.1) is 6.04 Å². The van der Waals surface area contributed by atoms with Gasteiger partial charge in [-0.15, -0.1) is 0 Å². The number of aromatic nitrogens is 1. The summed E-state index contributed by atoms with van der Waals surface area (Å²) in [7, 11) is 0. The Morgan fingerprint density at radius 3 is 2.68 bits per heavy atom. The smallest absolute Gasteiger partial charge is 0.275 e. The van der Waals surface area contributed by atoms with Crippen molar-refractivity contribution in [2.24, 2.45) is 5.92 Å². The van der Waals surface area contributed by atoms with E-state index < -0.39 is 34.6 Å². The van der Waals surface area contributed by atoms with Gasteiger partial charge in [-0.05, 0) is 18.9 Å². The van der Waals surface area contributed by atoms with Crippen LogP contribution in [-0.4, -0.2) is 39.0 Å². The average molecular weight is 429 g/mol. The monoisotopic (exact) mass is 429 g/mol. The zero-order chi connectivity index (χ0) is 22.4. The molecule has 0 radical (unpaired) electrons. The lowest BCUT2D eigenvalue weighted by Gasteiger charge is -2.38. The van der Waals surface area contributed by atoms with Crippen molar-refractivity contribution in [1.29, 1.82) is 0 Å². The molecule has 3 atom stereocenters. The summed E-state index contributed by atoms with van der Waals surface area (Å²) in [5.41, 5.74) is -1.45. The van der Waals surface area contributed by atoms with Crippen molar-refractivity contribution >= 4 is 11.8 Å². The highest BCUT2D eigenvalue weighted by Crippen LogP contribution is 2.34. The Balaban J connectivity index is 1.70. The highest BCUT2D eigenvalue weighted by Gasteiger charge is 2.39. The first kappa shape index (κ1) is 20.8. The Morgan fingerprint density at radius 2 is 1.97 bits per heavy atom. The molecule has 1 aromatic heterocycles. The fraction of sp³-hybridized carbons (Fsp3) is 0.318. The number of fused-ring (bicyclic) bond motifs is 4. The molecule has 31 heavy (non-hydrogen) atoms. The second-order valence-corrected chi connectivity index (χ2v) is 7.90. The molecule has 2 bridgehead atoms. The van der Waals surface area contributed by atoms with Gasteiger partial charge in [0, 0.05) is 37.0 Å². The predicted molar refractivity (Wildman–Crippen MR) is 108 cm³/mol. The lowest BCUT2D eigenvalue weighted by molar-refractivity contribution is 0.0612. The minimum atomic E-state index is -0.982. The van der Waals surface area contributed by atoms with Gasteiger partial charge < -0.3 is 19.9 Å². The molecule has 0 unspecified atom stereocenters. The number of carbonyl (C=O) groups excluding carboxylic acids is 2. The van der Waals surface area contributed by atoms with Crippen LogP contribution in [0.15, 0.2) is 41.3 Å². The number of nitrogens with one attached hydrogen (secondary N) is 1. The number of hydrogen-bond acceptors (Lipinski definition) is 4. The molecule has 0 saturated carbocycles. The number of allylic oxidation sites excluding steroid dienone is 1. The molecule has 1 aromatic carbocycles. The molecule has 3 heterocycles. The van der Waals surface area contributed by atoms with Crippen LogP contribution in [0.1, 0.15) is 46.3 Å². The van der Waals surface area contributed by atoms with Gasteiger partial charge in [0.2, 0.25) is 5.43 Å². The molecule has 2 amide bonds. The van der Waals surface area contributed by atoms with E-state index in [2.05, 4.69) is 5.32 Å². The quantitative estimate of drug-likeness (QED) is 0.733. The number of halogens is 2. The molecule has 9 heteroatoms. The molecular formula is C22H21F2N3O4. The summed E-state index contributed by atoms with van der Waals surface area (Å²) in [6, 6.07) is 2.47. The third kappa shape index (κ3) is 3.49. The fourth-order valence-corrected chi connectivity index (χ4v) is 4.04. The zero-order valence-electron chi connectivity index (χ0n) is 16.9. The minimum Gasteiger partial charge on any atom is -0.503 e. The number of amides is 2. The first-order valence-electron chi connectivity index (χ1n) is 9.88. The number of pyridine rings is 1. The van der Waals surface area contributed by atoms with E-state index in [4.69, 9.17) is 0 Å². The van der Waals surface area contributed by atoms with Crippen molar-refractivity contribution < 1.29 is 23.5 Å². The normalized spacial score (nSPS) is 22.1. The van der Waals surface area contributed by atoms with E-state index in [0.717, 1.165) is 6.07 Å². The third-order valence-corrected chi connectivity index (χ3v) is 5.91. The Hall–Kier alpha value is -3.49. The highest BCUT2D eigenvalue weighted by molar-refractivity contribution is 5.99. The van der Waals surface area contributed by atoms with Gasteiger partial charge in [0.15, 0.2) is 11.4 Å². The van der Waals surface area contributed by atoms with E-state index in [1.807, 2.05) is 26.0 Å². The van der Waals surface area contributed by atoms with E-state index in [9.17, 15) is 28.3 Å². The first-order chi connectivity index (χ1) is 14.7. The molecule has 4 rings (SSSR count). The number of benzene rings is 1. The molecule has 7 nitrogen and oxygen atoms in total. The van der Waals surface area contributed by atoms with Crippen LogP contribution in [0.4, 0.5) is 8.78 Å². The van der Waals surface area contributed by atoms with Gasteiger partial charge in [-0.1, -0.05) is 25.1 Å². The van der Waals surface area contributed by atoms with Gasteiger partial charge in [-0.3, -0.25) is 14.4 Å². The zero-order valence-corrected chi connectivity index (χ0v) is 16.9. The summed E-state index contributed by atoms with van der Waals surface area (Å²) < 4.78 is 28.4. The van der Waals surface area contributed by atoms with Crippen molar-refractivity contribution in [2.75, 3.05) is 6.54 Å². The van der Waals surface area contributed by atoms with Gasteiger partial charge >= 0.3 is 0 Å². The lowest BCUT2D eigenvalue weighted by Crippen LogP contribution is -2.48. The van der Waals surface area contributed by atoms with Crippen LogP contribution in [-0.2, 0) is 6.54 Å². The summed E-state index contributed by atoms with van der Waals surface area (Å²) in [6.07, 6.45) is 5.13. The maximum atomic E-state index is 13.8. The summed E-state index contributed by atoms with van der Waals surface area (Å²) in [4.78, 5) is 39.9. The Labute approximate surface area is 176 Å². The van der Waals surface area contributed by atoms with E-state index in [1.54, 1.807) is 4.90 Å². The largest absolute Gasteiger partial charge is 0.503 e. The molecule has 0 spiro atoms. The number of hydrogen-bond donors (Lipinski definition) is 2. The van der Waals surface area contributed by atoms with Crippen LogP contribution in [0.25, 0.3) is 0 Å². The molecule has 2 aliphatic heterocycles. The lowest BCUT2D eigenvalue weighted by atomic mass is 9.98. The van der Waals surface area contributed by atoms with Crippen LogP contribution in [0.3, 0.4) is 0 Å². The van der Waals surface area contributed by atoms with Crippen molar-refractivity contribution in [3.05, 3.63) is 75.2 Å². The first-order valence-corrected chi connectivity index (χ1v) is 9.88. The highest BCUT2D eigenvalue weighted by atomic mass is 19.1. The molecule has 162 valence electrons. The van der Waals surface area contributed by atoms with Gasteiger partial charge in [-0.2, -0.15) is 0 Å². The fourth-order valence-electron chi connectivity index (χ4n) is 4.04. The topological polar surface area (TPSA) is 91.6 Å². The van der Waals surface area contributed by atoms with Crippen molar-refractivity contribution in [1.82, 2.24) is 14.8 Å². The maximum Gasteiger partial charge on any atom is 0.275 e. The summed E-state index contributed by atoms with van der Waals surface area (Å²) in [5, 5.41) is 13.0. The van der Waals surface area contributed by atoms with Crippen molar-refractivity contribution in [3.63, 3.8) is 0 Å². The Kier molecular flexibility index (Phi) is 5.12. The number of nitrogens with zero attached hydrogens (tertiary/aromatic N) is 2. The van der Waals surface area contributed by atoms with Crippen LogP contribution in [0.2, 0.25) is 0 Å². The van der Waals surface area contributed by atoms with Crippen LogP contribution >= 0.6 is 0 Å². The van der Waals surface area contributed by atoms with Crippen molar-refractivity contribution in [2.45, 2.75) is 32.5 Å². The average Bonchev–Trinajstić information content (AvgIpc) is 2.85. The molecule has 0 saturated heterocycles. The molecule has 2 aliphatic rings. The standard InChI is InChI=1S/C22H21F2N3O4/c1-11-3-4-12(2)26-10-17(11)27-9-15(19(28)20(29)18(27)22(26)31)21(30)25-8-13-5-6-14(23)7-16(13)24/h3-7,9,11-12,17,29H,8,10H2,1-2H3,(H,25,30)/t11-,12-,17+/m0/s1. The van der Waals surface area contributed by atoms with E-state index in [-0.39, 0.29) is 41.4 Å². The van der Waals surface area contributed by atoms with Crippen LogP contribution in [0, 0.1) is 17.6 Å². The molecule has 0 aliphatic carbocycles. The number of carbonyl (C=O) groups is 2. The second kappa shape index (κ2) is 7.64. The second-order valence-electron chi connectivity index (χ2n) is 7.90. The summed E-state index contributed by atoms with van der Waals surface area (Å²) >= 11 is 0. The van der Waals surface area contributed by atoms with E-state index in [1.165, 1.54) is 16.8 Å². The molecule has 2 aromatic rings. The van der Waals surface area contributed by atoms with Gasteiger partial charge in [0.25, 0.3) is 11.8 Å². The van der Waals surface area contributed by atoms with Crippen LogP contribution < -0.4 is 10.7 Å². The molecular weight excluding hydrogens is 408 g/mol. The molecule has 0 fully saturated rings. The summed E-state index contributed by atoms with van der Waals surface area (Å²) in [5.74, 6) is -3.71. The van der Waals surface area contributed by atoms with E-state index in [0.29, 0.717) is 12.6 Å². The predicted octanol–water partition coefficient (Wildman–Crippen LogP) is 2.35. The Bertz CT molecular complexity index is 1170. The minimum absolute atomic E-state index is 0.0228. The van der Waals surface area contributed by atoms with Gasteiger partial charge in [0.1, 0.15) is 17.2 Å². The summed E-state index contributed by atoms with van der Waals surface area (Å²) in [6.45, 7) is 3.89. The van der Waals surface area contributed by atoms with E-state index >= 15 is 0 Å². The number of aromatic hydroxyl groups is 1.